The summed E-state index contributed by atoms with van der Waals surface area (Å²) < 4.78 is 5.36. The minimum atomic E-state index is 0.747. The maximum atomic E-state index is 5.79. The summed E-state index contributed by atoms with van der Waals surface area (Å²) in [5, 5.41) is 0.747. The van der Waals surface area contributed by atoms with Gasteiger partial charge in [-0.3, -0.25) is 0 Å². The molecule has 0 spiro atoms. The zero-order valence-electron chi connectivity index (χ0n) is 7.30. The number of halogens is 1. The number of hydrogen-bond acceptors (Lipinski definition) is 1. The fourth-order valence-corrected chi connectivity index (χ4v) is 1.14. The van der Waals surface area contributed by atoms with Gasteiger partial charge in [0, 0.05) is 5.02 Å². The van der Waals surface area contributed by atoms with Gasteiger partial charge < -0.3 is 4.74 Å². The molecular weight excluding hydrogens is 172 g/mol. The van der Waals surface area contributed by atoms with Gasteiger partial charge in [0.2, 0.25) is 0 Å². The van der Waals surface area contributed by atoms with Crippen LogP contribution in [0.1, 0.15) is 18.9 Å². The van der Waals surface area contributed by atoms with Crippen LogP contribution in [0.2, 0.25) is 5.02 Å². The molecule has 0 bridgehead atoms. The number of aryl methyl sites for hydroxylation is 1. The number of hydrogen-bond donors (Lipinski definition) is 0. The maximum Gasteiger partial charge on any atom is 0.135 e. The summed E-state index contributed by atoms with van der Waals surface area (Å²) in [4.78, 5) is 0. The second-order valence-electron chi connectivity index (χ2n) is 2.60. The van der Waals surface area contributed by atoms with Crippen molar-refractivity contribution in [2.45, 2.75) is 20.3 Å². The minimum Gasteiger partial charge on any atom is -0.486 e. The van der Waals surface area contributed by atoms with E-state index < -0.39 is 0 Å². The summed E-state index contributed by atoms with van der Waals surface area (Å²) >= 11 is 5.79. The zero-order chi connectivity index (χ0) is 8.97. The lowest BCUT2D eigenvalue weighted by atomic mass is 10.2. The van der Waals surface area contributed by atoms with Gasteiger partial charge in [-0.15, -0.1) is 0 Å². The molecule has 0 amide bonds. The standard InChI is InChI=1S/C10H12ClO/c1-3-6-12-10-5-4-9(11)7-8(10)2/h4-7H,3H2,1-2H3. The van der Waals surface area contributed by atoms with Gasteiger partial charge in [-0.2, -0.15) is 0 Å². The van der Waals surface area contributed by atoms with Crippen molar-refractivity contribution < 1.29 is 4.74 Å². The van der Waals surface area contributed by atoms with E-state index in [0.717, 1.165) is 22.8 Å². The van der Waals surface area contributed by atoms with Gasteiger partial charge >= 0.3 is 0 Å². The summed E-state index contributed by atoms with van der Waals surface area (Å²) in [6.07, 6.45) is 0.905. The lowest BCUT2D eigenvalue weighted by molar-refractivity contribution is 0.394. The second-order valence-corrected chi connectivity index (χ2v) is 3.04. The number of benzene rings is 1. The van der Waals surface area contributed by atoms with Crippen LogP contribution in [-0.4, -0.2) is 0 Å². The van der Waals surface area contributed by atoms with E-state index in [9.17, 15) is 0 Å². The largest absolute Gasteiger partial charge is 0.486 e. The summed E-state index contributed by atoms with van der Waals surface area (Å²) in [5.41, 5.74) is 1.06. The Balaban J connectivity index is 2.72. The Morgan fingerprint density at radius 2 is 2.25 bits per heavy atom. The summed E-state index contributed by atoms with van der Waals surface area (Å²) in [6.45, 7) is 5.78. The number of ether oxygens (including phenoxy) is 1. The van der Waals surface area contributed by atoms with Gasteiger partial charge in [0.15, 0.2) is 0 Å². The molecule has 1 aromatic rings. The average molecular weight is 184 g/mol. The average Bonchev–Trinajstić information content (AvgIpc) is 2.03. The van der Waals surface area contributed by atoms with Gasteiger partial charge in [0.25, 0.3) is 0 Å². The first kappa shape index (κ1) is 9.40. The normalized spacial score (nSPS) is 9.92. The van der Waals surface area contributed by atoms with Crippen LogP contribution in [0, 0.1) is 13.5 Å². The second kappa shape index (κ2) is 4.36. The molecule has 0 fully saturated rings. The third-order valence-corrected chi connectivity index (χ3v) is 1.75. The fraction of sp³-hybridized carbons (Fsp3) is 0.300. The first-order valence-electron chi connectivity index (χ1n) is 3.98. The molecule has 12 heavy (non-hydrogen) atoms. The van der Waals surface area contributed by atoms with Crippen LogP contribution in [0.3, 0.4) is 0 Å². The van der Waals surface area contributed by atoms with Crippen molar-refractivity contribution in [1.29, 1.82) is 0 Å². The lowest BCUT2D eigenvalue weighted by Gasteiger charge is -2.06. The van der Waals surface area contributed by atoms with Crippen molar-refractivity contribution in [2.24, 2.45) is 0 Å². The summed E-state index contributed by atoms with van der Waals surface area (Å²) in [6, 6.07) is 5.59. The predicted octanol–water partition coefficient (Wildman–Crippen LogP) is 3.60. The van der Waals surface area contributed by atoms with Gasteiger partial charge in [0.05, 0.1) is 0 Å². The smallest absolute Gasteiger partial charge is 0.135 e. The van der Waals surface area contributed by atoms with Crippen molar-refractivity contribution >= 4 is 11.6 Å². The van der Waals surface area contributed by atoms with Crippen molar-refractivity contribution in [3.63, 3.8) is 0 Å². The van der Waals surface area contributed by atoms with Crippen LogP contribution in [0.25, 0.3) is 0 Å². The first-order chi connectivity index (χ1) is 5.74. The van der Waals surface area contributed by atoms with E-state index in [0.29, 0.717) is 0 Å². The molecule has 0 aliphatic heterocycles. The van der Waals surface area contributed by atoms with Crippen molar-refractivity contribution in [3.8, 4) is 5.75 Å². The highest BCUT2D eigenvalue weighted by Crippen LogP contribution is 2.22. The Bertz CT molecular complexity index is 258. The van der Waals surface area contributed by atoms with Gasteiger partial charge in [0.1, 0.15) is 12.4 Å². The van der Waals surface area contributed by atoms with E-state index in [1.807, 2.05) is 32.0 Å². The van der Waals surface area contributed by atoms with E-state index in [-0.39, 0.29) is 0 Å². The van der Waals surface area contributed by atoms with Crippen molar-refractivity contribution in [1.82, 2.24) is 0 Å². The van der Waals surface area contributed by atoms with Crippen LogP contribution in [0.4, 0.5) is 0 Å². The highest BCUT2D eigenvalue weighted by atomic mass is 35.5. The molecule has 0 saturated carbocycles. The SMILES string of the molecule is CC[CH]Oc1ccc(Cl)cc1C. The van der Waals surface area contributed by atoms with Crippen LogP contribution in [0.15, 0.2) is 18.2 Å². The molecule has 0 aliphatic rings. The van der Waals surface area contributed by atoms with Crippen LogP contribution < -0.4 is 4.74 Å². The summed E-state index contributed by atoms with van der Waals surface area (Å²) in [5.74, 6) is 0.876. The Labute approximate surface area is 78.3 Å². The Morgan fingerprint density at radius 3 is 2.83 bits per heavy atom. The Kier molecular flexibility index (Phi) is 3.42. The zero-order valence-corrected chi connectivity index (χ0v) is 8.06. The Hall–Kier alpha value is -0.690. The van der Waals surface area contributed by atoms with E-state index in [1.165, 1.54) is 0 Å². The fourth-order valence-electron chi connectivity index (χ4n) is 0.918. The lowest BCUT2D eigenvalue weighted by Crippen LogP contribution is -1.90. The number of rotatable bonds is 3. The first-order valence-corrected chi connectivity index (χ1v) is 4.36. The van der Waals surface area contributed by atoms with E-state index in [4.69, 9.17) is 16.3 Å². The van der Waals surface area contributed by atoms with Gasteiger partial charge in [-0.05, 0) is 37.1 Å². The molecule has 0 aliphatic carbocycles. The van der Waals surface area contributed by atoms with Gasteiger partial charge in [-0.25, -0.2) is 0 Å². The van der Waals surface area contributed by atoms with Gasteiger partial charge in [-0.1, -0.05) is 18.5 Å². The summed E-state index contributed by atoms with van der Waals surface area (Å²) in [7, 11) is 0. The highest BCUT2D eigenvalue weighted by molar-refractivity contribution is 6.30. The van der Waals surface area contributed by atoms with Crippen LogP contribution >= 0.6 is 11.6 Å². The van der Waals surface area contributed by atoms with E-state index in [1.54, 1.807) is 6.61 Å². The molecule has 0 aromatic heterocycles. The monoisotopic (exact) mass is 183 g/mol. The molecule has 1 radical (unpaired) electrons. The molecule has 0 N–H and O–H groups in total. The molecule has 0 saturated heterocycles. The molecule has 1 nitrogen and oxygen atoms in total. The molecule has 1 aromatic carbocycles. The third kappa shape index (κ3) is 2.42. The molecule has 2 heteroatoms. The quantitative estimate of drug-likeness (QED) is 0.696. The molecule has 0 heterocycles. The highest BCUT2D eigenvalue weighted by Gasteiger charge is 1.98. The van der Waals surface area contributed by atoms with Crippen molar-refractivity contribution in [3.05, 3.63) is 35.4 Å². The molecule has 0 unspecified atom stereocenters. The topological polar surface area (TPSA) is 9.23 Å². The van der Waals surface area contributed by atoms with Crippen LogP contribution in [-0.2, 0) is 0 Å². The van der Waals surface area contributed by atoms with E-state index in [2.05, 4.69) is 0 Å². The maximum absolute atomic E-state index is 5.79. The minimum absolute atomic E-state index is 0.747. The predicted molar refractivity (Wildman–Crippen MR) is 51.4 cm³/mol. The van der Waals surface area contributed by atoms with Crippen molar-refractivity contribution in [2.75, 3.05) is 0 Å². The molecule has 0 atom stereocenters. The van der Waals surface area contributed by atoms with E-state index >= 15 is 0 Å². The Morgan fingerprint density at radius 1 is 1.50 bits per heavy atom. The molecule has 65 valence electrons. The molecular formula is C10H12ClO. The third-order valence-electron chi connectivity index (χ3n) is 1.51. The van der Waals surface area contributed by atoms with Crippen LogP contribution in [0.5, 0.6) is 5.75 Å². The molecule has 1 rings (SSSR count).